The smallest absolute Gasteiger partial charge is 0.335 e. The average molecular weight is 371 g/mol. The van der Waals surface area contributed by atoms with E-state index in [0.717, 1.165) is 19.4 Å². The summed E-state index contributed by atoms with van der Waals surface area (Å²) in [6.07, 6.45) is 1.31. The van der Waals surface area contributed by atoms with E-state index >= 15 is 0 Å². The Kier molecular flexibility index (Phi) is 6.54. The molecule has 0 N–H and O–H groups in total. The fourth-order valence-corrected chi connectivity index (χ4v) is 2.62. The number of benzene rings is 1. The van der Waals surface area contributed by atoms with Gasteiger partial charge in [-0.2, -0.15) is 0 Å². The summed E-state index contributed by atoms with van der Waals surface area (Å²) in [5.41, 5.74) is 0.489. The van der Waals surface area contributed by atoms with Crippen molar-refractivity contribution in [2.45, 2.75) is 32.0 Å². The SMILES string of the molecule is CC(OCC1CCCO1)C(=O)OCC(=O)c1ccccc1Br. The van der Waals surface area contributed by atoms with Crippen LogP contribution in [0, 0.1) is 0 Å². The monoisotopic (exact) mass is 370 g/mol. The standard InChI is InChI=1S/C16H19BrO5/c1-11(21-9-12-5-4-8-20-12)16(19)22-10-15(18)13-6-2-3-7-14(13)17/h2-3,6-7,11-12H,4-5,8-10H2,1H3. The molecule has 1 aromatic rings. The molecule has 0 bridgehead atoms. The normalized spacial score (nSPS) is 18.9. The van der Waals surface area contributed by atoms with Crippen LogP contribution in [0.1, 0.15) is 30.1 Å². The number of hydrogen-bond donors (Lipinski definition) is 0. The molecule has 22 heavy (non-hydrogen) atoms. The number of carbonyl (C=O) groups is 2. The van der Waals surface area contributed by atoms with Crippen LogP contribution in [0.3, 0.4) is 0 Å². The Hall–Kier alpha value is -1.24. The van der Waals surface area contributed by atoms with Crippen LogP contribution < -0.4 is 0 Å². The van der Waals surface area contributed by atoms with Crippen molar-refractivity contribution in [3.63, 3.8) is 0 Å². The molecule has 1 fully saturated rings. The molecule has 0 aliphatic carbocycles. The first kappa shape index (κ1) is 17.1. The second kappa shape index (κ2) is 8.41. The van der Waals surface area contributed by atoms with Gasteiger partial charge in [0.1, 0.15) is 0 Å². The molecule has 0 spiro atoms. The third-order valence-electron chi connectivity index (χ3n) is 3.41. The lowest BCUT2D eigenvalue weighted by Crippen LogP contribution is -2.29. The average Bonchev–Trinajstić information content (AvgIpc) is 3.03. The fraction of sp³-hybridized carbons (Fsp3) is 0.500. The number of halogens is 1. The van der Waals surface area contributed by atoms with Crippen molar-refractivity contribution in [2.75, 3.05) is 19.8 Å². The predicted octanol–water partition coefficient (Wildman–Crippen LogP) is 2.76. The Morgan fingerprint density at radius 1 is 1.41 bits per heavy atom. The highest BCUT2D eigenvalue weighted by Gasteiger charge is 2.21. The van der Waals surface area contributed by atoms with E-state index in [0.29, 0.717) is 16.6 Å². The van der Waals surface area contributed by atoms with Crippen molar-refractivity contribution < 1.29 is 23.8 Å². The molecule has 1 heterocycles. The zero-order chi connectivity index (χ0) is 15.9. The summed E-state index contributed by atoms with van der Waals surface area (Å²) in [5, 5.41) is 0. The predicted molar refractivity (Wildman–Crippen MR) is 83.8 cm³/mol. The maximum atomic E-state index is 12.0. The van der Waals surface area contributed by atoms with Crippen LogP contribution in [0.2, 0.25) is 0 Å². The number of esters is 1. The number of ether oxygens (including phenoxy) is 3. The van der Waals surface area contributed by atoms with E-state index in [9.17, 15) is 9.59 Å². The topological polar surface area (TPSA) is 61.8 Å². The second-order valence-corrected chi connectivity index (χ2v) is 5.98. The summed E-state index contributed by atoms with van der Waals surface area (Å²) in [5.74, 6) is -0.800. The summed E-state index contributed by atoms with van der Waals surface area (Å²) < 4.78 is 16.5. The second-order valence-electron chi connectivity index (χ2n) is 5.12. The van der Waals surface area contributed by atoms with Gasteiger partial charge in [-0.25, -0.2) is 4.79 Å². The molecule has 2 unspecified atom stereocenters. The molecule has 2 atom stereocenters. The van der Waals surface area contributed by atoms with Crippen LogP contribution in [0.25, 0.3) is 0 Å². The quantitative estimate of drug-likeness (QED) is 0.545. The van der Waals surface area contributed by atoms with Gasteiger partial charge in [0.2, 0.25) is 5.78 Å². The minimum atomic E-state index is -0.712. The number of ketones is 1. The lowest BCUT2D eigenvalue weighted by molar-refractivity contribution is -0.156. The van der Waals surface area contributed by atoms with Gasteiger partial charge in [0.05, 0.1) is 12.7 Å². The molecular formula is C16H19BrO5. The zero-order valence-electron chi connectivity index (χ0n) is 12.4. The van der Waals surface area contributed by atoms with Crippen molar-refractivity contribution >= 4 is 27.7 Å². The molecule has 120 valence electrons. The molecule has 6 heteroatoms. The van der Waals surface area contributed by atoms with Crippen LogP contribution in [0.4, 0.5) is 0 Å². The Morgan fingerprint density at radius 3 is 2.86 bits per heavy atom. The van der Waals surface area contributed by atoms with Crippen LogP contribution >= 0.6 is 15.9 Å². The lowest BCUT2D eigenvalue weighted by atomic mass is 10.1. The van der Waals surface area contributed by atoms with Crippen molar-refractivity contribution in [1.82, 2.24) is 0 Å². The molecule has 1 saturated heterocycles. The van der Waals surface area contributed by atoms with Crippen molar-refractivity contribution in [3.8, 4) is 0 Å². The number of Topliss-reactive ketones (excluding diaryl/α,β-unsaturated/α-hetero) is 1. The Morgan fingerprint density at radius 2 is 2.18 bits per heavy atom. The van der Waals surface area contributed by atoms with Crippen molar-refractivity contribution in [3.05, 3.63) is 34.3 Å². The molecule has 0 aromatic heterocycles. The molecule has 1 aliphatic rings. The summed E-state index contributed by atoms with van der Waals surface area (Å²) in [7, 11) is 0. The highest BCUT2D eigenvalue weighted by molar-refractivity contribution is 9.10. The summed E-state index contributed by atoms with van der Waals surface area (Å²) in [4.78, 5) is 23.8. The van der Waals surface area contributed by atoms with Gasteiger partial charge in [-0.1, -0.05) is 34.1 Å². The molecule has 5 nitrogen and oxygen atoms in total. The third-order valence-corrected chi connectivity index (χ3v) is 4.10. The van der Waals surface area contributed by atoms with Gasteiger partial charge in [-0.15, -0.1) is 0 Å². The van der Waals surface area contributed by atoms with Gasteiger partial charge in [-0.05, 0) is 25.8 Å². The zero-order valence-corrected chi connectivity index (χ0v) is 14.0. The first-order chi connectivity index (χ1) is 10.6. The van der Waals surface area contributed by atoms with E-state index in [2.05, 4.69) is 15.9 Å². The Bertz CT molecular complexity index is 525. The molecule has 0 amide bonds. The van der Waals surface area contributed by atoms with E-state index in [1.807, 2.05) is 6.07 Å². The van der Waals surface area contributed by atoms with Gasteiger partial charge < -0.3 is 14.2 Å². The first-order valence-corrected chi connectivity index (χ1v) is 8.05. The van der Waals surface area contributed by atoms with E-state index in [4.69, 9.17) is 14.2 Å². The summed E-state index contributed by atoms with van der Waals surface area (Å²) in [6.45, 7) is 2.43. The van der Waals surface area contributed by atoms with Crippen LogP contribution in [0.5, 0.6) is 0 Å². The Balaban J connectivity index is 1.74. The molecular weight excluding hydrogens is 352 g/mol. The van der Waals surface area contributed by atoms with Crippen LogP contribution in [-0.2, 0) is 19.0 Å². The third kappa shape index (κ3) is 4.90. The van der Waals surface area contributed by atoms with Crippen molar-refractivity contribution in [1.29, 1.82) is 0 Å². The molecule has 1 aliphatic heterocycles. The number of hydrogen-bond acceptors (Lipinski definition) is 5. The fourth-order valence-electron chi connectivity index (χ4n) is 2.11. The molecule has 0 saturated carbocycles. The van der Waals surface area contributed by atoms with E-state index < -0.39 is 12.1 Å². The van der Waals surface area contributed by atoms with Gasteiger partial charge in [0, 0.05) is 16.6 Å². The highest BCUT2D eigenvalue weighted by Crippen LogP contribution is 2.16. The van der Waals surface area contributed by atoms with E-state index in [1.165, 1.54) is 0 Å². The highest BCUT2D eigenvalue weighted by atomic mass is 79.9. The van der Waals surface area contributed by atoms with Crippen LogP contribution in [0.15, 0.2) is 28.7 Å². The summed E-state index contributed by atoms with van der Waals surface area (Å²) in [6, 6.07) is 7.01. The van der Waals surface area contributed by atoms with Gasteiger partial charge in [0.25, 0.3) is 0 Å². The number of rotatable bonds is 7. The lowest BCUT2D eigenvalue weighted by Gasteiger charge is -2.15. The van der Waals surface area contributed by atoms with Gasteiger partial charge in [-0.3, -0.25) is 4.79 Å². The van der Waals surface area contributed by atoms with Gasteiger partial charge in [0.15, 0.2) is 12.7 Å². The maximum Gasteiger partial charge on any atom is 0.335 e. The summed E-state index contributed by atoms with van der Waals surface area (Å²) >= 11 is 3.30. The number of carbonyl (C=O) groups excluding carboxylic acids is 2. The molecule has 0 radical (unpaired) electrons. The van der Waals surface area contributed by atoms with Gasteiger partial charge >= 0.3 is 5.97 Å². The maximum absolute atomic E-state index is 12.0. The van der Waals surface area contributed by atoms with E-state index in [-0.39, 0.29) is 18.5 Å². The minimum absolute atomic E-state index is 0.0529. The van der Waals surface area contributed by atoms with Crippen LogP contribution in [-0.4, -0.2) is 43.8 Å². The minimum Gasteiger partial charge on any atom is -0.455 e. The first-order valence-electron chi connectivity index (χ1n) is 7.25. The largest absolute Gasteiger partial charge is 0.455 e. The van der Waals surface area contributed by atoms with E-state index in [1.54, 1.807) is 25.1 Å². The Labute approximate surface area is 138 Å². The molecule has 2 rings (SSSR count). The van der Waals surface area contributed by atoms with Crippen molar-refractivity contribution in [2.24, 2.45) is 0 Å². The molecule has 1 aromatic carbocycles.